The number of benzene rings is 2. The summed E-state index contributed by atoms with van der Waals surface area (Å²) in [6, 6.07) is 9.94. The van der Waals surface area contributed by atoms with Crippen molar-refractivity contribution in [3.05, 3.63) is 65.2 Å². The second-order valence-corrected chi connectivity index (χ2v) is 4.62. The van der Waals surface area contributed by atoms with E-state index in [1.165, 1.54) is 12.1 Å². The van der Waals surface area contributed by atoms with E-state index in [2.05, 4.69) is 0 Å². The van der Waals surface area contributed by atoms with E-state index in [9.17, 15) is 13.9 Å². The highest BCUT2D eigenvalue weighted by atomic mass is 19.1. The summed E-state index contributed by atoms with van der Waals surface area (Å²) < 4.78 is 26.1. The lowest BCUT2D eigenvalue weighted by molar-refractivity contribution is 0.474. The summed E-state index contributed by atoms with van der Waals surface area (Å²) in [6.07, 6.45) is 0.914. The molecule has 0 amide bonds. The molecule has 2 aromatic rings. The average Bonchev–Trinajstić information content (AvgIpc) is 2.26. The molecular weight excluding hydrogens is 248 g/mol. The first-order valence-electron chi connectivity index (χ1n) is 6.01. The molecule has 2 nitrogen and oxygen atoms in total. The Hall–Kier alpha value is -1.94. The molecule has 0 bridgehead atoms. The van der Waals surface area contributed by atoms with Gasteiger partial charge in [-0.05, 0) is 48.2 Å². The molecule has 0 aromatic heterocycles. The third-order valence-electron chi connectivity index (χ3n) is 2.83. The van der Waals surface area contributed by atoms with Crippen molar-refractivity contribution in [1.82, 2.24) is 0 Å². The Kier molecular flexibility index (Phi) is 4.12. The van der Waals surface area contributed by atoms with Crippen LogP contribution in [-0.2, 0) is 12.8 Å². The highest BCUT2D eigenvalue weighted by molar-refractivity contribution is 5.28. The van der Waals surface area contributed by atoms with E-state index in [-0.39, 0.29) is 11.8 Å². The number of hydrogen-bond acceptors (Lipinski definition) is 2. The van der Waals surface area contributed by atoms with E-state index in [1.807, 2.05) is 6.07 Å². The quantitative estimate of drug-likeness (QED) is 0.891. The molecule has 0 fully saturated rings. The van der Waals surface area contributed by atoms with Crippen LogP contribution in [0.2, 0.25) is 0 Å². The third-order valence-corrected chi connectivity index (χ3v) is 2.83. The number of nitrogens with two attached hydrogens (primary N) is 1. The molecule has 0 aliphatic heterocycles. The van der Waals surface area contributed by atoms with Gasteiger partial charge < -0.3 is 10.8 Å². The second-order valence-electron chi connectivity index (χ2n) is 4.62. The van der Waals surface area contributed by atoms with E-state index in [1.54, 1.807) is 18.2 Å². The largest absolute Gasteiger partial charge is 0.508 e. The number of rotatable bonds is 4. The highest BCUT2D eigenvalue weighted by Crippen LogP contribution is 2.15. The number of hydrogen-bond donors (Lipinski definition) is 2. The van der Waals surface area contributed by atoms with E-state index in [0.29, 0.717) is 18.4 Å². The second kappa shape index (κ2) is 5.80. The van der Waals surface area contributed by atoms with Crippen LogP contribution in [0.1, 0.15) is 11.1 Å². The Balaban J connectivity index is 2.03. The van der Waals surface area contributed by atoms with Crippen LogP contribution in [0.15, 0.2) is 42.5 Å². The molecule has 19 heavy (non-hydrogen) atoms. The van der Waals surface area contributed by atoms with Crippen LogP contribution in [0.25, 0.3) is 0 Å². The van der Waals surface area contributed by atoms with Crippen LogP contribution in [0.5, 0.6) is 5.75 Å². The van der Waals surface area contributed by atoms with Crippen molar-refractivity contribution in [1.29, 1.82) is 0 Å². The summed E-state index contributed by atoms with van der Waals surface area (Å²) in [6.45, 7) is 0. The summed E-state index contributed by atoms with van der Waals surface area (Å²) in [4.78, 5) is 0. The Morgan fingerprint density at radius 1 is 0.947 bits per heavy atom. The molecule has 0 saturated heterocycles. The fourth-order valence-corrected chi connectivity index (χ4v) is 2.09. The van der Waals surface area contributed by atoms with Gasteiger partial charge in [-0.3, -0.25) is 0 Å². The number of aromatic hydroxyl groups is 1. The fraction of sp³-hybridized carbons (Fsp3) is 0.200. The predicted octanol–water partition coefficient (Wildman–Crippen LogP) is 2.78. The van der Waals surface area contributed by atoms with Gasteiger partial charge in [0, 0.05) is 12.1 Å². The molecule has 4 heteroatoms. The standard InChI is InChI=1S/C15H15F2NO/c16-12-4-11(5-13(17)9-12)7-14(18)6-10-2-1-3-15(19)8-10/h1-5,8-9,14,19H,6-7,18H2. The molecule has 0 saturated carbocycles. The monoisotopic (exact) mass is 263 g/mol. The maximum Gasteiger partial charge on any atom is 0.126 e. The number of phenols is 1. The number of halogens is 2. The summed E-state index contributed by atoms with van der Waals surface area (Å²) in [5.41, 5.74) is 7.39. The van der Waals surface area contributed by atoms with Gasteiger partial charge in [-0.15, -0.1) is 0 Å². The third kappa shape index (κ3) is 4.03. The van der Waals surface area contributed by atoms with Gasteiger partial charge in [0.2, 0.25) is 0 Å². The zero-order valence-electron chi connectivity index (χ0n) is 10.3. The van der Waals surface area contributed by atoms with Gasteiger partial charge in [0.1, 0.15) is 17.4 Å². The van der Waals surface area contributed by atoms with E-state index in [4.69, 9.17) is 5.73 Å². The smallest absolute Gasteiger partial charge is 0.126 e. The zero-order valence-corrected chi connectivity index (χ0v) is 10.3. The van der Waals surface area contributed by atoms with Gasteiger partial charge in [0.05, 0.1) is 0 Å². The molecule has 1 unspecified atom stereocenters. The molecule has 2 aromatic carbocycles. The minimum Gasteiger partial charge on any atom is -0.508 e. The van der Waals surface area contributed by atoms with E-state index < -0.39 is 11.6 Å². The maximum atomic E-state index is 13.0. The van der Waals surface area contributed by atoms with Crippen molar-refractivity contribution < 1.29 is 13.9 Å². The maximum absolute atomic E-state index is 13.0. The van der Waals surface area contributed by atoms with E-state index >= 15 is 0 Å². The normalized spacial score (nSPS) is 12.4. The van der Waals surface area contributed by atoms with Crippen molar-refractivity contribution in [2.24, 2.45) is 5.73 Å². The van der Waals surface area contributed by atoms with Crippen LogP contribution in [-0.4, -0.2) is 11.1 Å². The Morgan fingerprint density at radius 3 is 2.21 bits per heavy atom. The molecule has 100 valence electrons. The lowest BCUT2D eigenvalue weighted by Crippen LogP contribution is -2.25. The number of phenolic OH excluding ortho intramolecular Hbond substituents is 1. The summed E-state index contributed by atoms with van der Waals surface area (Å²) >= 11 is 0. The molecule has 0 radical (unpaired) electrons. The first-order chi connectivity index (χ1) is 9.02. The van der Waals surface area contributed by atoms with Crippen molar-refractivity contribution in [2.75, 3.05) is 0 Å². The summed E-state index contributed by atoms with van der Waals surface area (Å²) in [5, 5.41) is 9.35. The molecule has 1 atom stereocenters. The van der Waals surface area contributed by atoms with Gasteiger partial charge in [-0.2, -0.15) is 0 Å². The van der Waals surface area contributed by atoms with Crippen LogP contribution >= 0.6 is 0 Å². The lowest BCUT2D eigenvalue weighted by Gasteiger charge is -2.12. The van der Waals surface area contributed by atoms with Crippen molar-refractivity contribution >= 4 is 0 Å². The van der Waals surface area contributed by atoms with Crippen LogP contribution in [0.4, 0.5) is 8.78 Å². The Morgan fingerprint density at radius 2 is 1.58 bits per heavy atom. The summed E-state index contributed by atoms with van der Waals surface area (Å²) in [5.74, 6) is -1.01. The zero-order chi connectivity index (χ0) is 13.8. The molecule has 0 spiro atoms. The highest BCUT2D eigenvalue weighted by Gasteiger charge is 2.08. The van der Waals surface area contributed by atoms with Gasteiger partial charge in [0.25, 0.3) is 0 Å². The molecule has 3 N–H and O–H groups in total. The minimum atomic E-state index is -0.598. The topological polar surface area (TPSA) is 46.2 Å². The molecular formula is C15H15F2NO. The van der Waals surface area contributed by atoms with Crippen LogP contribution in [0.3, 0.4) is 0 Å². The fourth-order valence-electron chi connectivity index (χ4n) is 2.09. The Bertz CT molecular complexity index is 552. The van der Waals surface area contributed by atoms with E-state index in [0.717, 1.165) is 11.6 Å². The van der Waals surface area contributed by atoms with Gasteiger partial charge >= 0.3 is 0 Å². The Labute approximate surface area is 110 Å². The van der Waals surface area contributed by atoms with Gasteiger partial charge in [0.15, 0.2) is 0 Å². The first kappa shape index (κ1) is 13.5. The van der Waals surface area contributed by atoms with Gasteiger partial charge in [-0.1, -0.05) is 12.1 Å². The molecule has 0 heterocycles. The van der Waals surface area contributed by atoms with Crippen LogP contribution < -0.4 is 5.73 Å². The molecule has 2 rings (SSSR count). The molecule has 0 aliphatic rings. The van der Waals surface area contributed by atoms with Crippen molar-refractivity contribution in [3.8, 4) is 5.75 Å². The van der Waals surface area contributed by atoms with Gasteiger partial charge in [-0.25, -0.2) is 8.78 Å². The summed E-state index contributed by atoms with van der Waals surface area (Å²) in [7, 11) is 0. The van der Waals surface area contributed by atoms with Crippen molar-refractivity contribution in [3.63, 3.8) is 0 Å². The molecule has 0 aliphatic carbocycles. The SMILES string of the molecule is NC(Cc1cccc(O)c1)Cc1cc(F)cc(F)c1. The average molecular weight is 263 g/mol. The van der Waals surface area contributed by atoms with Crippen molar-refractivity contribution in [2.45, 2.75) is 18.9 Å². The first-order valence-corrected chi connectivity index (χ1v) is 6.01. The predicted molar refractivity (Wildman–Crippen MR) is 69.8 cm³/mol. The van der Waals surface area contributed by atoms with Crippen LogP contribution in [0, 0.1) is 11.6 Å². The lowest BCUT2D eigenvalue weighted by atomic mass is 9.99. The minimum absolute atomic E-state index is 0.182.